The van der Waals surface area contributed by atoms with E-state index < -0.39 is 12.1 Å². The fourth-order valence-electron chi connectivity index (χ4n) is 3.10. The van der Waals surface area contributed by atoms with Crippen molar-refractivity contribution in [2.75, 3.05) is 13.2 Å². The molecule has 2 aliphatic heterocycles. The van der Waals surface area contributed by atoms with Crippen LogP contribution in [0.1, 0.15) is 31.4 Å². The van der Waals surface area contributed by atoms with Crippen molar-refractivity contribution >= 4 is 11.8 Å². The molecule has 0 saturated carbocycles. The van der Waals surface area contributed by atoms with Crippen LogP contribution in [0.15, 0.2) is 30.3 Å². The number of carbonyl (C=O) groups excluding carboxylic acids is 2. The summed E-state index contributed by atoms with van der Waals surface area (Å²) in [5.74, 6) is -0.141. The molecule has 2 aliphatic rings. The van der Waals surface area contributed by atoms with Crippen molar-refractivity contribution in [1.82, 2.24) is 10.2 Å². The van der Waals surface area contributed by atoms with Gasteiger partial charge in [-0.2, -0.15) is 0 Å². The molecule has 112 valence electrons. The molecule has 0 radical (unpaired) electrons. The van der Waals surface area contributed by atoms with Gasteiger partial charge in [-0.3, -0.25) is 9.59 Å². The van der Waals surface area contributed by atoms with E-state index >= 15 is 0 Å². The Morgan fingerprint density at radius 1 is 1.24 bits per heavy atom. The number of ether oxygens (including phenoxy) is 1. The largest absolute Gasteiger partial charge is 0.379 e. The molecule has 2 amide bonds. The van der Waals surface area contributed by atoms with E-state index in [2.05, 4.69) is 5.32 Å². The molecule has 2 heterocycles. The summed E-state index contributed by atoms with van der Waals surface area (Å²) in [5, 5.41) is 2.83. The predicted molar refractivity (Wildman–Crippen MR) is 77.5 cm³/mol. The van der Waals surface area contributed by atoms with Gasteiger partial charge in [0.15, 0.2) is 0 Å². The lowest BCUT2D eigenvalue weighted by Gasteiger charge is -2.43. The summed E-state index contributed by atoms with van der Waals surface area (Å²) in [6.45, 7) is 3.04. The molecule has 3 rings (SSSR count). The first-order valence-corrected chi connectivity index (χ1v) is 7.43. The number of hydrogen-bond donors (Lipinski definition) is 1. The minimum Gasteiger partial charge on any atom is -0.379 e. The summed E-state index contributed by atoms with van der Waals surface area (Å²) in [6, 6.07) is 8.36. The Morgan fingerprint density at radius 2 is 2.00 bits per heavy atom. The summed E-state index contributed by atoms with van der Waals surface area (Å²) in [7, 11) is 0. The molecule has 1 N–H and O–H groups in total. The number of piperazine rings is 1. The highest BCUT2D eigenvalue weighted by Crippen LogP contribution is 2.26. The van der Waals surface area contributed by atoms with Gasteiger partial charge in [0.05, 0.1) is 12.6 Å². The van der Waals surface area contributed by atoms with E-state index in [0.29, 0.717) is 6.61 Å². The Hall–Kier alpha value is -1.88. The lowest BCUT2D eigenvalue weighted by Crippen LogP contribution is -2.62. The maximum atomic E-state index is 12.8. The van der Waals surface area contributed by atoms with Gasteiger partial charge in [0.25, 0.3) is 5.91 Å². The number of hydrogen-bond acceptors (Lipinski definition) is 3. The van der Waals surface area contributed by atoms with Crippen molar-refractivity contribution in [1.29, 1.82) is 0 Å². The number of benzene rings is 1. The highest BCUT2D eigenvalue weighted by Gasteiger charge is 2.42. The molecule has 2 fully saturated rings. The van der Waals surface area contributed by atoms with Crippen molar-refractivity contribution in [3.05, 3.63) is 35.9 Å². The first-order valence-electron chi connectivity index (χ1n) is 7.43. The Balaban J connectivity index is 1.87. The molecule has 5 nitrogen and oxygen atoms in total. The second kappa shape index (κ2) is 5.85. The normalized spacial score (nSPS) is 30.1. The van der Waals surface area contributed by atoms with Crippen LogP contribution in [0, 0.1) is 0 Å². The van der Waals surface area contributed by atoms with E-state index in [1.54, 1.807) is 11.8 Å². The predicted octanol–water partition coefficient (Wildman–Crippen LogP) is 1.25. The van der Waals surface area contributed by atoms with E-state index in [1.807, 2.05) is 30.3 Å². The van der Waals surface area contributed by atoms with Gasteiger partial charge in [-0.1, -0.05) is 30.3 Å². The van der Waals surface area contributed by atoms with Gasteiger partial charge >= 0.3 is 0 Å². The van der Waals surface area contributed by atoms with Crippen molar-refractivity contribution in [2.45, 2.75) is 37.9 Å². The first-order chi connectivity index (χ1) is 10.2. The standard InChI is InChI=1S/C16H20N2O3/c1-11-15(19)17-14(12-6-3-2-4-7-12)16(20)18(11)13-8-5-9-21-10-13/h2-4,6-7,11,13-14H,5,8-10H2,1H3,(H,17,19). The molecule has 0 aliphatic carbocycles. The molecule has 5 heteroatoms. The smallest absolute Gasteiger partial charge is 0.250 e. The lowest BCUT2D eigenvalue weighted by molar-refractivity contribution is -0.154. The molecule has 21 heavy (non-hydrogen) atoms. The van der Waals surface area contributed by atoms with E-state index in [-0.39, 0.29) is 17.9 Å². The van der Waals surface area contributed by atoms with Crippen LogP contribution in [-0.4, -0.2) is 42.0 Å². The highest BCUT2D eigenvalue weighted by molar-refractivity contribution is 5.97. The molecule has 2 saturated heterocycles. The molecule has 0 bridgehead atoms. The van der Waals surface area contributed by atoms with Crippen LogP contribution in [0.3, 0.4) is 0 Å². The summed E-state index contributed by atoms with van der Waals surface area (Å²) in [5.41, 5.74) is 0.824. The van der Waals surface area contributed by atoms with Crippen LogP contribution < -0.4 is 5.32 Å². The lowest BCUT2D eigenvalue weighted by atomic mass is 9.97. The number of rotatable bonds is 2. The van der Waals surface area contributed by atoms with E-state index in [4.69, 9.17) is 4.74 Å². The molecule has 0 spiro atoms. The van der Waals surface area contributed by atoms with Crippen LogP contribution in [0.5, 0.6) is 0 Å². The average Bonchev–Trinajstić information content (AvgIpc) is 2.53. The van der Waals surface area contributed by atoms with Gasteiger partial charge in [0.2, 0.25) is 5.91 Å². The molecule has 0 aromatic heterocycles. The third-order valence-electron chi connectivity index (χ3n) is 4.25. The summed E-state index contributed by atoms with van der Waals surface area (Å²) >= 11 is 0. The quantitative estimate of drug-likeness (QED) is 0.891. The van der Waals surface area contributed by atoms with Gasteiger partial charge in [0, 0.05) is 6.61 Å². The zero-order valence-electron chi connectivity index (χ0n) is 12.1. The second-order valence-electron chi connectivity index (χ2n) is 5.64. The van der Waals surface area contributed by atoms with Crippen LogP contribution in [0.25, 0.3) is 0 Å². The Bertz CT molecular complexity index is 526. The minimum atomic E-state index is -0.586. The second-order valence-corrected chi connectivity index (χ2v) is 5.64. The third kappa shape index (κ3) is 2.65. The van der Waals surface area contributed by atoms with Crippen molar-refractivity contribution < 1.29 is 14.3 Å². The summed E-state index contributed by atoms with van der Waals surface area (Å²) < 4.78 is 5.48. The summed E-state index contributed by atoms with van der Waals surface area (Å²) in [4.78, 5) is 26.8. The first kappa shape index (κ1) is 14.1. The minimum absolute atomic E-state index is 0.00138. The van der Waals surface area contributed by atoms with E-state index in [9.17, 15) is 9.59 Å². The van der Waals surface area contributed by atoms with Crippen LogP contribution in [0.4, 0.5) is 0 Å². The highest BCUT2D eigenvalue weighted by atomic mass is 16.5. The van der Waals surface area contributed by atoms with Gasteiger partial charge in [-0.25, -0.2) is 0 Å². The van der Waals surface area contributed by atoms with Crippen molar-refractivity contribution in [3.63, 3.8) is 0 Å². The maximum Gasteiger partial charge on any atom is 0.250 e. The molecule has 1 aromatic carbocycles. The van der Waals surface area contributed by atoms with Crippen molar-refractivity contribution in [2.24, 2.45) is 0 Å². The number of nitrogens with zero attached hydrogens (tertiary/aromatic N) is 1. The zero-order chi connectivity index (χ0) is 14.8. The molecule has 3 unspecified atom stereocenters. The summed E-state index contributed by atoms with van der Waals surface area (Å²) in [6.07, 6.45) is 1.82. The van der Waals surface area contributed by atoms with Gasteiger partial charge in [0.1, 0.15) is 12.1 Å². The Kier molecular flexibility index (Phi) is 3.92. The van der Waals surface area contributed by atoms with Crippen LogP contribution in [0.2, 0.25) is 0 Å². The van der Waals surface area contributed by atoms with E-state index in [0.717, 1.165) is 25.0 Å². The molecular weight excluding hydrogens is 268 g/mol. The number of amides is 2. The number of carbonyl (C=O) groups is 2. The van der Waals surface area contributed by atoms with Crippen LogP contribution in [-0.2, 0) is 14.3 Å². The van der Waals surface area contributed by atoms with E-state index in [1.165, 1.54) is 0 Å². The van der Waals surface area contributed by atoms with Crippen molar-refractivity contribution in [3.8, 4) is 0 Å². The Labute approximate surface area is 124 Å². The number of nitrogens with one attached hydrogen (secondary N) is 1. The van der Waals surface area contributed by atoms with Crippen LogP contribution >= 0.6 is 0 Å². The fraction of sp³-hybridized carbons (Fsp3) is 0.500. The zero-order valence-corrected chi connectivity index (χ0v) is 12.1. The average molecular weight is 288 g/mol. The fourth-order valence-corrected chi connectivity index (χ4v) is 3.10. The monoisotopic (exact) mass is 288 g/mol. The SMILES string of the molecule is CC1C(=O)NC(c2ccccc2)C(=O)N1C1CCCOC1. The third-order valence-corrected chi connectivity index (χ3v) is 4.25. The van der Waals surface area contributed by atoms with Gasteiger partial charge in [-0.15, -0.1) is 0 Å². The topological polar surface area (TPSA) is 58.6 Å². The maximum absolute atomic E-state index is 12.8. The Morgan fingerprint density at radius 3 is 2.67 bits per heavy atom. The van der Waals surface area contributed by atoms with Gasteiger partial charge in [-0.05, 0) is 25.3 Å². The molecular formula is C16H20N2O3. The molecule has 3 atom stereocenters. The van der Waals surface area contributed by atoms with Gasteiger partial charge < -0.3 is 15.0 Å². The molecule has 1 aromatic rings.